The number of anilines is 1. The monoisotopic (exact) mass is 382 g/mol. The largest absolute Gasteiger partial charge is 0.326 e. The molecule has 1 atom stereocenters. The zero-order chi connectivity index (χ0) is 17.9. The Kier molecular flexibility index (Phi) is 5.81. The van der Waals surface area contributed by atoms with Crippen LogP contribution in [0.5, 0.6) is 0 Å². The van der Waals surface area contributed by atoms with Crippen LogP contribution in [0.1, 0.15) is 38.5 Å². The molecule has 7 heteroatoms. The van der Waals surface area contributed by atoms with E-state index in [1.165, 1.54) is 16.4 Å². The van der Waals surface area contributed by atoms with Crippen molar-refractivity contribution in [1.82, 2.24) is 4.31 Å². The highest BCUT2D eigenvalue weighted by Crippen LogP contribution is 2.30. The smallest absolute Gasteiger partial charge is 0.244 e. The molecule has 0 bridgehead atoms. The molecule has 0 aromatic heterocycles. The molecular formula is C18H23ClN2O3S. The number of hydrogen-bond acceptors (Lipinski definition) is 3. The van der Waals surface area contributed by atoms with Crippen molar-refractivity contribution in [2.24, 2.45) is 5.92 Å². The average Bonchev–Trinajstić information content (AvgIpc) is 3.10. The average molecular weight is 383 g/mol. The second-order valence-corrected chi connectivity index (χ2v) is 8.94. The second-order valence-electron chi connectivity index (χ2n) is 6.63. The summed E-state index contributed by atoms with van der Waals surface area (Å²) in [6.45, 7) is 1.03. The molecule has 1 saturated heterocycles. The number of carbonyl (C=O) groups excluding carboxylic acids is 1. The van der Waals surface area contributed by atoms with Crippen molar-refractivity contribution >= 4 is 33.2 Å². The molecule has 136 valence electrons. The highest BCUT2D eigenvalue weighted by molar-refractivity contribution is 7.89. The van der Waals surface area contributed by atoms with E-state index < -0.39 is 10.0 Å². The minimum absolute atomic E-state index is 0.0645. The number of benzene rings is 1. The summed E-state index contributed by atoms with van der Waals surface area (Å²) < 4.78 is 27.2. The Bertz CT molecular complexity index is 771. The lowest BCUT2D eigenvalue weighted by molar-refractivity contribution is -0.116. The molecule has 5 nitrogen and oxygen atoms in total. The van der Waals surface area contributed by atoms with Crippen molar-refractivity contribution in [3.8, 4) is 0 Å². The molecular weight excluding hydrogens is 360 g/mol. The van der Waals surface area contributed by atoms with Crippen LogP contribution < -0.4 is 5.32 Å². The Morgan fingerprint density at radius 1 is 1.24 bits per heavy atom. The van der Waals surface area contributed by atoms with E-state index in [1.807, 2.05) is 0 Å². The number of allylic oxidation sites excluding steroid dienone is 2. The van der Waals surface area contributed by atoms with Crippen LogP contribution in [-0.4, -0.2) is 31.7 Å². The standard InChI is InChI=1S/C18H23ClN2O3S/c19-16-9-8-15(20-18(22)12-14-6-2-3-7-14)13-17(16)25(23,24)21-10-4-1-5-11-21/h2,6,8-9,13-14H,1,3-5,7,10-12H2,(H,20,22)/t14-/m1/s1. The van der Waals surface area contributed by atoms with Gasteiger partial charge in [-0.3, -0.25) is 4.79 Å². The van der Waals surface area contributed by atoms with Crippen molar-refractivity contribution in [2.45, 2.75) is 43.4 Å². The molecule has 1 aliphatic carbocycles. The van der Waals surface area contributed by atoms with E-state index in [4.69, 9.17) is 11.6 Å². The van der Waals surface area contributed by atoms with Gasteiger partial charge in [0.2, 0.25) is 15.9 Å². The van der Waals surface area contributed by atoms with Gasteiger partial charge in [-0.15, -0.1) is 0 Å². The molecule has 1 aliphatic heterocycles. The zero-order valence-electron chi connectivity index (χ0n) is 14.1. The molecule has 3 rings (SSSR count). The van der Waals surface area contributed by atoms with E-state index in [1.54, 1.807) is 6.07 Å². The highest BCUT2D eigenvalue weighted by Gasteiger charge is 2.28. The first-order valence-electron chi connectivity index (χ1n) is 8.73. The lowest BCUT2D eigenvalue weighted by atomic mass is 10.1. The van der Waals surface area contributed by atoms with Crippen molar-refractivity contribution in [1.29, 1.82) is 0 Å². The van der Waals surface area contributed by atoms with Crippen LogP contribution in [0.4, 0.5) is 5.69 Å². The second kappa shape index (κ2) is 7.89. The molecule has 0 unspecified atom stereocenters. The predicted molar refractivity (Wildman–Crippen MR) is 99.2 cm³/mol. The summed E-state index contributed by atoms with van der Waals surface area (Å²) in [5.41, 5.74) is 0.465. The summed E-state index contributed by atoms with van der Waals surface area (Å²) in [6.07, 6.45) is 9.33. The van der Waals surface area contributed by atoms with E-state index in [9.17, 15) is 13.2 Å². The Labute approximate surface area is 154 Å². The molecule has 1 fully saturated rings. The van der Waals surface area contributed by atoms with Gasteiger partial charge in [0.25, 0.3) is 0 Å². The molecule has 2 aliphatic rings. The van der Waals surface area contributed by atoms with Crippen molar-refractivity contribution < 1.29 is 13.2 Å². The third-order valence-electron chi connectivity index (χ3n) is 4.71. The number of amides is 1. The summed E-state index contributed by atoms with van der Waals surface area (Å²) in [5.74, 6) is 0.157. The maximum atomic E-state index is 12.8. The summed E-state index contributed by atoms with van der Waals surface area (Å²) in [4.78, 5) is 12.2. The van der Waals surface area contributed by atoms with E-state index in [0.717, 1.165) is 32.1 Å². The first-order valence-corrected chi connectivity index (χ1v) is 10.5. The summed E-state index contributed by atoms with van der Waals surface area (Å²) in [5, 5.41) is 2.98. The number of halogens is 1. The fraction of sp³-hybridized carbons (Fsp3) is 0.500. The van der Waals surface area contributed by atoms with Gasteiger partial charge in [0.1, 0.15) is 4.90 Å². The van der Waals surface area contributed by atoms with Gasteiger partial charge in [-0.2, -0.15) is 4.31 Å². The number of carbonyl (C=O) groups is 1. The molecule has 1 heterocycles. The molecule has 0 saturated carbocycles. The third kappa shape index (κ3) is 4.43. The maximum absolute atomic E-state index is 12.8. The SMILES string of the molecule is O=C(C[C@@H]1C=CCC1)Nc1ccc(Cl)c(S(=O)(=O)N2CCCCC2)c1. The van der Waals surface area contributed by atoms with Crippen LogP contribution in [0.25, 0.3) is 0 Å². The van der Waals surface area contributed by atoms with Gasteiger partial charge in [0.05, 0.1) is 5.02 Å². The van der Waals surface area contributed by atoms with E-state index >= 15 is 0 Å². The fourth-order valence-electron chi connectivity index (χ4n) is 3.34. The minimum atomic E-state index is -3.63. The normalized spacial score (nSPS) is 21.4. The van der Waals surface area contributed by atoms with Gasteiger partial charge in [0.15, 0.2) is 0 Å². The molecule has 1 N–H and O–H groups in total. The van der Waals surface area contributed by atoms with Crippen LogP contribution >= 0.6 is 11.6 Å². The van der Waals surface area contributed by atoms with E-state index in [2.05, 4.69) is 17.5 Å². The Hall–Kier alpha value is -1.37. The van der Waals surface area contributed by atoms with Gasteiger partial charge < -0.3 is 5.32 Å². The van der Waals surface area contributed by atoms with Gasteiger partial charge >= 0.3 is 0 Å². The lowest BCUT2D eigenvalue weighted by Gasteiger charge is -2.26. The summed E-state index contributed by atoms with van der Waals surface area (Å²) in [7, 11) is -3.63. The quantitative estimate of drug-likeness (QED) is 0.787. The zero-order valence-corrected chi connectivity index (χ0v) is 15.7. The summed E-state index contributed by atoms with van der Waals surface area (Å²) in [6, 6.07) is 4.64. The molecule has 1 amide bonds. The number of piperidine rings is 1. The molecule has 1 aromatic carbocycles. The number of nitrogens with zero attached hydrogens (tertiary/aromatic N) is 1. The van der Waals surface area contributed by atoms with Gasteiger partial charge in [-0.1, -0.05) is 30.2 Å². The number of sulfonamides is 1. The molecule has 25 heavy (non-hydrogen) atoms. The van der Waals surface area contributed by atoms with Crippen LogP contribution in [0.2, 0.25) is 5.02 Å². The van der Waals surface area contributed by atoms with Crippen LogP contribution in [-0.2, 0) is 14.8 Å². The fourth-order valence-corrected chi connectivity index (χ4v) is 5.36. The first kappa shape index (κ1) is 18.4. The van der Waals surface area contributed by atoms with Gasteiger partial charge in [-0.25, -0.2) is 8.42 Å². The van der Waals surface area contributed by atoms with Crippen molar-refractivity contribution in [2.75, 3.05) is 18.4 Å². The van der Waals surface area contributed by atoms with E-state index in [0.29, 0.717) is 25.2 Å². The predicted octanol–water partition coefficient (Wildman–Crippen LogP) is 3.81. The van der Waals surface area contributed by atoms with Crippen molar-refractivity contribution in [3.63, 3.8) is 0 Å². The number of nitrogens with one attached hydrogen (secondary N) is 1. The topological polar surface area (TPSA) is 66.5 Å². The molecule has 0 spiro atoms. The van der Waals surface area contributed by atoms with Crippen LogP contribution in [0, 0.1) is 5.92 Å². The maximum Gasteiger partial charge on any atom is 0.244 e. The highest BCUT2D eigenvalue weighted by atomic mass is 35.5. The molecule has 0 radical (unpaired) electrons. The molecule has 1 aromatic rings. The lowest BCUT2D eigenvalue weighted by Crippen LogP contribution is -2.35. The summed E-state index contributed by atoms with van der Waals surface area (Å²) >= 11 is 6.15. The van der Waals surface area contributed by atoms with Gasteiger partial charge in [0, 0.05) is 25.2 Å². The number of rotatable bonds is 5. The first-order chi connectivity index (χ1) is 12.0. The van der Waals surface area contributed by atoms with Crippen LogP contribution in [0.15, 0.2) is 35.2 Å². The Balaban J connectivity index is 1.75. The van der Waals surface area contributed by atoms with Crippen molar-refractivity contribution in [3.05, 3.63) is 35.4 Å². The van der Waals surface area contributed by atoms with Gasteiger partial charge in [-0.05, 0) is 49.8 Å². The minimum Gasteiger partial charge on any atom is -0.326 e. The van der Waals surface area contributed by atoms with Crippen LogP contribution in [0.3, 0.4) is 0 Å². The number of hydrogen-bond donors (Lipinski definition) is 1. The Morgan fingerprint density at radius 3 is 2.68 bits per heavy atom. The Morgan fingerprint density at radius 2 is 2.00 bits per heavy atom. The third-order valence-corrected chi connectivity index (χ3v) is 7.09. The van der Waals surface area contributed by atoms with E-state index in [-0.39, 0.29) is 21.7 Å².